The molecule has 0 radical (unpaired) electrons. The largest absolute Gasteiger partial charge is 0.102 e. The van der Waals surface area contributed by atoms with Crippen LogP contribution < -0.4 is 0 Å². The van der Waals surface area contributed by atoms with E-state index < -0.39 is 0 Å². The van der Waals surface area contributed by atoms with Gasteiger partial charge < -0.3 is 0 Å². The van der Waals surface area contributed by atoms with Crippen LogP contribution in [0.2, 0.25) is 0 Å². The van der Waals surface area contributed by atoms with Crippen LogP contribution in [0.5, 0.6) is 0 Å². The summed E-state index contributed by atoms with van der Waals surface area (Å²) in [6.45, 7) is 12.5. The molecule has 0 N–H and O–H groups in total. The van der Waals surface area contributed by atoms with E-state index in [0.717, 1.165) is 12.8 Å². The van der Waals surface area contributed by atoms with Crippen molar-refractivity contribution in [2.24, 2.45) is 11.8 Å². The van der Waals surface area contributed by atoms with Crippen LogP contribution in [0, 0.1) is 18.8 Å². The van der Waals surface area contributed by atoms with E-state index >= 15 is 0 Å². The Balaban J connectivity index is 1.27. The summed E-state index contributed by atoms with van der Waals surface area (Å²) >= 11 is 0. The molecule has 1 aliphatic rings. The standard InChI is InChI=1S/C46H40/c1-5-12-34-25-26-43(45-18-11-17-44(46(34)45)42-16-9-8-13-31(42)4)41-15-10-14-35(30-41)37-21-22-40-29-38(23-24-39(40)28-37)36-20-19-32(6-2)33(7-3)27-36/h6-11,13-30,32-33H,2-3,5,12H2,1,4H3. The molecule has 0 aromatic heterocycles. The summed E-state index contributed by atoms with van der Waals surface area (Å²) in [5, 5.41) is 5.19. The van der Waals surface area contributed by atoms with E-state index in [1.165, 1.54) is 77.2 Å². The van der Waals surface area contributed by atoms with Crippen molar-refractivity contribution in [1.29, 1.82) is 0 Å². The molecule has 46 heavy (non-hydrogen) atoms. The summed E-state index contributed by atoms with van der Waals surface area (Å²) in [5.41, 5.74) is 12.8. The molecule has 0 amide bonds. The van der Waals surface area contributed by atoms with Gasteiger partial charge in [0.15, 0.2) is 0 Å². The molecule has 224 valence electrons. The molecule has 0 bridgehead atoms. The van der Waals surface area contributed by atoms with Crippen LogP contribution in [0.15, 0.2) is 159 Å². The maximum absolute atomic E-state index is 4.04. The van der Waals surface area contributed by atoms with Crippen molar-refractivity contribution >= 4 is 27.1 Å². The zero-order valence-electron chi connectivity index (χ0n) is 26.8. The van der Waals surface area contributed by atoms with Gasteiger partial charge in [-0.1, -0.05) is 141 Å². The monoisotopic (exact) mass is 592 g/mol. The average molecular weight is 593 g/mol. The minimum absolute atomic E-state index is 0.275. The third kappa shape index (κ3) is 5.46. The molecule has 2 unspecified atom stereocenters. The molecule has 0 nitrogen and oxygen atoms in total. The van der Waals surface area contributed by atoms with Crippen molar-refractivity contribution in [2.45, 2.75) is 26.7 Å². The van der Waals surface area contributed by atoms with Crippen LogP contribution in [0.25, 0.3) is 60.5 Å². The average Bonchev–Trinajstić information content (AvgIpc) is 3.11. The lowest BCUT2D eigenvalue weighted by Crippen LogP contribution is -2.08. The Bertz CT molecular complexity index is 2170. The first kappa shape index (κ1) is 29.5. The van der Waals surface area contributed by atoms with Gasteiger partial charge in [-0.15, -0.1) is 13.2 Å². The van der Waals surface area contributed by atoms with Gasteiger partial charge in [-0.3, -0.25) is 0 Å². The number of rotatable bonds is 8. The fourth-order valence-electron chi connectivity index (χ4n) is 7.15. The maximum atomic E-state index is 4.04. The van der Waals surface area contributed by atoms with E-state index in [-0.39, 0.29) is 5.92 Å². The second-order valence-corrected chi connectivity index (χ2v) is 12.5. The Kier molecular flexibility index (Phi) is 8.12. The molecule has 0 spiro atoms. The highest BCUT2D eigenvalue weighted by atomic mass is 14.2. The normalized spacial score (nSPS) is 16.0. The summed E-state index contributed by atoms with van der Waals surface area (Å²) < 4.78 is 0. The van der Waals surface area contributed by atoms with Gasteiger partial charge in [0.25, 0.3) is 0 Å². The zero-order chi connectivity index (χ0) is 31.6. The highest BCUT2D eigenvalue weighted by Crippen LogP contribution is 2.40. The van der Waals surface area contributed by atoms with E-state index in [4.69, 9.17) is 0 Å². The molecule has 0 heterocycles. The molecule has 0 aliphatic heterocycles. The third-order valence-corrected chi connectivity index (χ3v) is 9.62. The van der Waals surface area contributed by atoms with Crippen LogP contribution in [0.1, 0.15) is 30.0 Å². The van der Waals surface area contributed by atoms with Crippen molar-refractivity contribution in [3.05, 3.63) is 175 Å². The molecule has 6 aromatic rings. The quantitative estimate of drug-likeness (QED) is 0.154. The number of hydrogen-bond donors (Lipinski definition) is 0. The summed E-state index contributed by atoms with van der Waals surface area (Å²) in [6, 6.07) is 42.9. The highest BCUT2D eigenvalue weighted by molar-refractivity contribution is 6.07. The van der Waals surface area contributed by atoms with Crippen LogP contribution in [0.4, 0.5) is 0 Å². The van der Waals surface area contributed by atoms with Crippen LogP contribution in [-0.2, 0) is 6.42 Å². The summed E-state index contributed by atoms with van der Waals surface area (Å²) in [6.07, 6.45) is 13.0. The molecule has 1 aliphatic carbocycles. The van der Waals surface area contributed by atoms with Crippen molar-refractivity contribution in [3.8, 4) is 33.4 Å². The summed E-state index contributed by atoms with van der Waals surface area (Å²) in [5.74, 6) is 0.583. The lowest BCUT2D eigenvalue weighted by atomic mass is 9.84. The van der Waals surface area contributed by atoms with Gasteiger partial charge in [0.05, 0.1) is 0 Å². The second-order valence-electron chi connectivity index (χ2n) is 12.5. The topological polar surface area (TPSA) is 0 Å². The fraction of sp³-hybridized carbons (Fsp3) is 0.130. The van der Waals surface area contributed by atoms with E-state index in [1.54, 1.807) is 0 Å². The van der Waals surface area contributed by atoms with Gasteiger partial charge >= 0.3 is 0 Å². The van der Waals surface area contributed by atoms with Gasteiger partial charge in [0.2, 0.25) is 0 Å². The van der Waals surface area contributed by atoms with E-state index in [2.05, 4.69) is 160 Å². The van der Waals surface area contributed by atoms with Crippen molar-refractivity contribution in [2.75, 3.05) is 0 Å². The molecule has 0 saturated heterocycles. The molecule has 7 rings (SSSR count). The highest BCUT2D eigenvalue weighted by Gasteiger charge is 2.17. The predicted molar refractivity (Wildman–Crippen MR) is 201 cm³/mol. The number of allylic oxidation sites excluding steroid dienone is 6. The van der Waals surface area contributed by atoms with Crippen molar-refractivity contribution in [1.82, 2.24) is 0 Å². The van der Waals surface area contributed by atoms with Gasteiger partial charge in [0, 0.05) is 11.8 Å². The van der Waals surface area contributed by atoms with Gasteiger partial charge in [-0.05, 0) is 109 Å². The summed E-state index contributed by atoms with van der Waals surface area (Å²) in [7, 11) is 0. The molecule has 2 atom stereocenters. The Morgan fingerprint density at radius 2 is 1.30 bits per heavy atom. The smallest absolute Gasteiger partial charge is 0.00507 e. The third-order valence-electron chi connectivity index (χ3n) is 9.62. The minimum Gasteiger partial charge on any atom is -0.102 e. The molecular weight excluding hydrogens is 553 g/mol. The summed E-state index contributed by atoms with van der Waals surface area (Å²) in [4.78, 5) is 0. The number of hydrogen-bond acceptors (Lipinski definition) is 0. The fourth-order valence-corrected chi connectivity index (χ4v) is 7.15. The second kappa shape index (κ2) is 12.7. The number of benzene rings is 6. The first-order chi connectivity index (χ1) is 22.6. The Labute approximate surface area is 273 Å². The first-order valence-electron chi connectivity index (χ1n) is 16.5. The molecule has 6 aromatic carbocycles. The number of aryl methyl sites for hydroxylation is 2. The van der Waals surface area contributed by atoms with E-state index in [9.17, 15) is 0 Å². The van der Waals surface area contributed by atoms with Crippen LogP contribution in [-0.4, -0.2) is 0 Å². The van der Waals surface area contributed by atoms with E-state index in [0.29, 0.717) is 5.92 Å². The Morgan fingerprint density at radius 3 is 2.09 bits per heavy atom. The van der Waals surface area contributed by atoms with Crippen molar-refractivity contribution in [3.63, 3.8) is 0 Å². The minimum atomic E-state index is 0.275. The SMILES string of the molecule is C=CC1C=CC(c2ccc3cc(-c4cccc(-c5ccc(CCC)c6c(-c7ccccc7C)cccc56)c4)ccc3c2)=CC1C=C. The number of fused-ring (bicyclic) bond motifs is 2. The maximum Gasteiger partial charge on any atom is 0.00507 e. The van der Waals surface area contributed by atoms with Crippen LogP contribution >= 0.6 is 0 Å². The predicted octanol–water partition coefficient (Wildman–Crippen LogP) is 12.8. The Hall–Kier alpha value is -5.20. The first-order valence-corrected chi connectivity index (χ1v) is 16.5. The zero-order valence-corrected chi connectivity index (χ0v) is 26.8. The van der Waals surface area contributed by atoms with Gasteiger partial charge in [-0.25, -0.2) is 0 Å². The Morgan fingerprint density at radius 1 is 0.609 bits per heavy atom. The lowest BCUT2D eigenvalue weighted by molar-refractivity contribution is 0.673. The molecule has 0 heteroatoms. The lowest BCUT2D eigenvalue weighted by Gasteiger charge is -2.21. The van der Waals surface area contributed by atoms with Gasteiger partial charge in [-0.2, -0.15) is 0 Å². The van der Waals surface area contributed by atoms with Crippen molar-refractivity contribution < 1.29 is 0 Å². The molecule has 0 saturated carbocycles. The molecule has 0 fully saturated rings. The van der Waals surface area contributed by atoms with Gasteiger partial charge in [0.1, 0.15) is 0 Å². The van der Waals surface area contributed by atoms with Crippen LogP contribution in [0.3, 0.4) is 0 Å². The van der Waals surface area contributed by atoms with E-state index in [1.807, 2.05) is 12.2 Å². The molecular formula is C46H40.